The van der Waals surface area contributed by atoms with E-state index in [1.807, 2.05) is 0 Å². The monoisotopic (exact) mass is 286 g/mol. The molecule has 0 aromatic heterocycles. The molecule has 0 bridgehead atoms. The third kappa shape index (κ3) is 6.34. The Morgan fingerprint density at radius 3 is 2.60 bits per heavy atom. The van der Waals surface area contributed by atoms with Crippen molar-refractivity contribution in [2.24, 2.45) is 5.92 Å². The lowest BCUT2D eigenvalue weighted by atomic mass is 9.99. The first kappa shape index (κ1) is 16.9. The molecule has 0 radical (unpaired) electrons. The van der Waals surface area contributed by atoms with Crippen LogP contribution in [0.25, 0.3) is 0 Å². The lowest BCUT2D eigenvalue weighted by Gasteiger charge is -2.23. The predicted octanol–water partition coefficient (Wildman–Crippen LogP) is 0.414. The molecule has 6 nitrogen and oxygen atoms in total. The second-order valence-electron chi connectivity index (χ2n) is 5.03. The van der Waals surface area contributed by atoms with E-state index in [-0.39, 0.29) is 17.7 Å². The molecule has 0 aliphatic carbocycles. The molecule has 1 N–H and O–H groups in total. The van der Waals surface area contributed by atoms with Gasteiger partial charge in [0.25, 0.3) is 0 Å². The van der Waals surface area contributed by atoms with Gasteiger partial charge in [-0.05, 0) is 19.3 Å². The van der Waals surface area contributed by atoms with Crippen molar-refractivity contribution in [1.29, 1.82) is 0 Å². The quantitative estimate of drug-likeness (QED) is 0.656. The number of ether oxygens (including phenoxy) is 2. The highest BCUT2D eigenvalue weighted by Crippen LogP contribution is 2.14. The number of carbonyl (C=O) groups is 2. The Kier molecular flexibility index (Phi) is 8.22. The first-order valence-electron chi connectivity index (χ1n) is 7.25. The summed E-state index contributed by atoms with van der Waals surface area (Å²) in [5, 5.41) is 2.91. The Bertz CT molecular complexity index is 304. The summed E-state index contributed by atoms with van der Waals surface area (Å²) in [7, 11) is 1.65. The maximum Gasteiger partial charge on any atom is 0.223 e. The number of hydrogen-bond acceptors (Lipinski definition) is 4. The Morgan fingerprint density at radius 2 is 2.00 bits per heavy atom. The summed E-state index contributed by atoms with van der Waals surface area (Å²) in [6, 6.07) is 0. The highest BCUT2D eigenvalue weighted by atomic mass is 16.5. The van der Waals surface area contributed by atoms with Crippen molar-refractivity contribution in [2.75, 3.05) is 46.6 Å². The molecule has 0 atom stereocenters. The van der Waals surface area contributed by atoms with E-state index in [1.54, 1.807) is 18.9 Å². The molecular formula is C14H26N2O4. The van der Waals surface area contributed by atoms with Gasteiger partial charge in [0.1, 0.15) is 0 Å². The molecule has 0 aromatic rings. The number of carbonyl (C=O) groups excluding carboxylic acids is 2. The summed E-state index contributed by atoms with van der Waals surface area (Å²) in [6.07, 6.45) is 2.39. The van der Waals surface area contributed by atoms with Gasteiger partial charge in [-0.2, -0.15) is 0 Å². The van der Waals surface area contributed by atoms with E-state index >= 15 is 0 Å². The summed E-state index contributed by atoms with van der Waals surface area (Å²) >= 11 is 0. The number of nitrogens with one attached hydrogen (secondary N) is 1. The maximum absolute atomic E-state index is 11.9. The molecule has 1 heterocycles. The summed E-state index contributed by atoms with van der Waals surface area (Å²) in [6.45, 7) is 5.22. The summed E-state index contributed by atoms with van der Waals surface area (Å²) in [5.41, 5.74) is 0. The number of hydrogen-bond donors (Lipinski definition) is 1. The van der Waals surface area contributed by atoms with Crippen LogP contribution >= 0.6 is 0 Å². The van der Waals surface area contributed by atoms with Crippen LogP contribution in [-0.4, -0.2) is 63.3 Å². The van der Waals surface area contributed by atoms with Gasteiger partial charge in [-0.1, -0.05) is 0 Å². The molecule has 2 amide bonds. The highest BCUT2D eigenvalue weighted by molar-refractivity contribution is 5.78. The highest BCUT2D eigenvalue weighted by Gasteiger charge is 2.21. The van der Waals surface area contributed by atoms with Crippen LogP contribution in [0.4, 0.5) is 0 Å². The largest absolute Gasteiger partial charge is 0.385 e. The van der Waals surface area contributed by atoms with Crippen LogP contribution < -0.4 is 5.32 Å². The smallest absolute Gasteiger partial charge is 0.223 e. The molecule has 0 saturated carbocycles. The molecular weight excluding hydrogens is 260 g/mol. The van der Waals surface area contributed by atoms with Crippen LogP contribution in [0.15, 0.2) is 0 Å². The van der Waals surface area contributed by atoms with Gasteiger partial charge in [0.05, 0.1) is 0 Å². The van der Waals surface area contributed by atoms with Gasteiger partial charge >= 0.3 is 0 Å². The topological polar surface area (TPSA) is 67.9 Å². The Labute approximate surface area is 120 Å². The molecule has 20 heavy (non-hydrogen) atoms. The zero-order valence-corrected chi connectivity index (χ0v) is 12.5. The third-order valence-corrected chi connectivity index (χ3v) is 3.49. The van der Waals surface area contributed by atoms with Crippen molar-refractivity contribution in [3.8, 4) is 0 Å². The summed E-state index contributed by atoms with van der Waals surface area (Å²) in [5.74, 6) is 0.165. The van der Waals surface area contributed by atoms with Crippen LogP contribution in [0.2, 0.25) is 0 Å². The van der Waals surface area contributed by atoms with E-state index in [2.05, 4.69) is 5.32 Å². The number of amides is 2. The van der Waals surface area contributed by atoms with Gasteiger partial charge in [-0.25, -0.2) is 0 Å². The predicted molar refractivity (Wildman–Crippen MR) is 75.3 cm³/mol. The minimum atomic E-state index is 0.0291. The van der Waals surface area contributed by atoms with Crippen molar-refractivity contribution in [3.63, 3.8) is 0 Å². The van der Waals surface area contributed by atoms with E-state index in [1.165, 1.54) is 0 Å². The van der Waals surface area contributed by atoms with Gasteiger partial charge in [0.15, 0.2) is 0 Å². The normalized spacial score (nSPS) is 15.9. The first-order chi connectivity index (χ1) is 9.65. The van der Waals surface area contributed by atoms with Gasteiger partial charge < -0.3 is 19.7 Å². The molecule has 0 spiro atoms. The van der Waals surface area contributed by atoms with Crippen molar-refractivity contribution >= 4 is 11.8 Å². The fourth-order valence-corrected chi connectivity index (χ4v) is 2.24. The van der Waals surface area contributed by atoms with E-state index in [9.17, 15) is 9.59 Å². The molecule has 6 heteroatoms. The van der Waals surface area contributed by atoms with Crippen LogP contribution in [0, 0.1) is 5.92 Å². The van der Waals surface area contributed by atoms with E-state index < -0.39 is 0 Å². The van der Waals surface area contributed by atoms with Crippen LogP contribution in [0.5, 0.6) is 0 Å². The van der Waals surface area contributed by atoms with Crippen molar-refractivity contribution in [1.82, 2.24) is 10.2 Å². The molecule has 0 unspecified atom stereocenters. The van der Waals surface area contributed by atoms with Crippen LogP contribution in [0.1, 0.15) is 26.2 Å². The zero-order valence-electron chi connectivity index (χ0n) is 12.5. The Balaban J connectivity index is 2.21. The van der Waals surface area contributed by atoms with Crippen molar-refractivity contribution in [3.05, 3.63) is 0 Å². The van der Waals surface area contributed by atoms with E-state index in [0.717, 1.165) is 19.3 Å². The lowest BCUT2D eigenvalue weighted by Crippen LogP contribution is -2.41. The van der Waals surface area contributed by atoms with Gasteiger partial charge in [0.2, 0.25) is 11.8 Å². The van der Waals surface area contributed by atoms with E-state index in [4.69, 9.17) is 9.47 Å². The molecule has 1 saturated heterocycles. The van der Waals surface area contributed by atoms with Crippen molar-refractivity contribution in [2.45, 2.75) is 26.2 Å². The SMILES string of the molecule is COCCCN(CCNC(=O)C1CCOCC1)C(C)=O. The third-order valence-electron chi connectivity index (χ3n) is 3.49. The molecule has 1 fully saturated rings. The number of rotatable bonds is 8. The summed E-state index contributed by atoms with van der Waals surface area (Å²) < 4.78 is 10.2. The lowest BCUT2D eigenvalue weighted by molar-refractivity contribution is -0.131. The van der Waals surface area contributed by atoms with E-state index in [0.29, 0.717) is 39.5 Å². The molecule has 1 aliphatic heterocycles. The van der Waals surface area contributed by atoms with Gasteiger partial charge in [-0.15, -0.1) is 0 Å². The second kappa shape index (κ2) is 9.72. The fourth-order valence-electron chi connectivity index (χ4n) is 2.24. The second-order valence-corrected chi connectivity index (χ2v) is 5.03. The minimum Gasteiger partial charge on any atom is -0.385 e. The number of methoxy groups -OCH3 is 1. The van der Waals surface area contributed by atoms with Crippen molar-refractivity contribution < 1.29 is 19.1 Å². The average Bonchev–Trinajstić information content (AvgIpc) is 2.46. The zero-order chi connectivity index (χ0) is 14.8. The Hall–Kier alpha value is -1.14. The standard InChI is InChI=1S/C14H26N2O4/c1-12(17)16(7-3-9-19-2)8-6-15-14(18)13-4-10-20-11-5-13/h13H,3-11H2,1-2H3,(H,15,18). The minimum absolute atomic E-state index is 0.0291. The van der Waals surface area contributed by atoms with Gasteiger partial charge in [0, 0.05) is 59.4 Å². The van der Waals surface area contributed by atoms with Crippen LogP contribution in [0.3, 0.4) is 0 Å². The Morgan fingerprint density at radius 1 is 1.30 bits per heavy atom. The number of nitrogens with zero attached hydrogens (tertiary/aromatic N) is 1. The molecule has 1 aliphatic rings. The van der Waals surface area contributed by atoms with Crippen LogP contribution in [-0.2, 0) is 19.1 Å². The molecule has 1 rings (SSSR count). The molecule has 0 aromatic carbocycles. The first-order valence-corrected chi connectivity index (χ1v) is 7.25. The average molecular weight is 286 g/mol. The summed E-state index contributed by atoms with van der Waals surface area (Å²) in [4.78, 5) is 25.1. The fraction of sp³-hybridized carbons (Fsp3) is 0.857. The van der Waals surface area contributed by atoms with Gasteiger partial charge in [-0.3, -0.25) is 9.59 Å². The maximum atomic E-state index is 11.9. The molecule has 116 valence electrons.